The predicted molar refractivity (Wildman–Crippen MR) is 159 cm³/mol. The summed E-state index contributed by atoms with van der Waals surface area (Å²) in [6.45, 7) is 10.2. The van der Waals surface area contributed by atoms with Gasteiger partial charge in [-0.3, -0.25) is 14.5 Å². The number of rotatable bonds is 10. The average Bonchev–Trinajstić information content (AvgIpc) is 2.95. The second-order valence-corrected chi connectivity index (χ2v) is 11.3. The fourth-order valence-electron chi connectivity index (χ4n) is 5.13. The topological polar surface area (TPSA) is 96.3 Å². The van der Waals surface area contributed by atoms with Crippen molar-refractivity contribution in [1.82, 2.24) is 9.47 Å². The van der Waals surface area contributed by atoms with Crippen LogP contribution in [0.15, 0.2) is 47.4 Å². The van der Waals surface area contributed by atoms with Crippen molar-refractivity contribution in [1.29, 1.82) is 0 Å². The van der Waals surface area contributed by atoms with Gasteiger partial charge in [0.15, 0.2) is 5.75 Å². The Hall–Kier alpha value is -4.11. The molecule has 42 heavy (non-hydrogen) atoms. The van der Waals surface area contributed by atoms with Crippen molar-refractivity contribution in [2.75, 3.05) is 27.2 Å². The summed E-state index contributed by atoms with van der Waals surface area (Å²) >= 11 is 0. The zero-order valence-electron chi connectivity index (χ0n) is 25.5. The molecule has 0 radical (unpaired) electrons. The van der Waals surface area contributed by atoms with Gasteiger partial charge < -0.3 is 23.5 Å². The van der Waals surface area contributed by atoms with E-state index < -0.39 is 11.6 Å². The number of nitrogens with zero attached hydrogens (tertiary/aromatic N) is 2. The second kappa shape index (κ2) is 12.8. The lowest BCUT2D eigenvalue weighted by atomic mass is 9.87. The van der Waals surface area contributed by atoms with Crippen LogP contribution in [0.1, 0.15) is 46.9 Å². The minimum atomic E-state index is -1.16. The van der Waals surface area contributed by atoms with Gasteiger partial charge in [0.25, 0.3) is 0 Å². The molecule has 1 aliphatic rings. The largest absolute Gasteiger partial charge is 0.483 e. The van der Waals surface area contributed by atoms with Crippen molar-refractivity contribution in [3.63, 3.8) is 0 Å². The molecule has 0 saturated carbocycles. The third-order valence-corrected chi connectivity index (χ3v) is 7.76. The zero-order chi connectivity index (χ0) is 30.6. The number of hydrogen-bond acceptors (Lipinski definition) is 8. The molecule has 1 unspecified atom stereocenters. The van der Waals surface area contributed by atoms with Crippen LogP contribution in [0.4, 0.5) is 0 Å². The Labute approximate surface area is 247 Å². The zero-order valence-corrected chi connectivity index (χ0v) is 25.5. The Morgan fingerprint density at radius 1 is 1.00 bits per heavy atom. The maximum absolute atomic E-state index is 13.3. The SMILES string of the molecule is Cc1c(C)c2c(c(C)c1OC(=O)CN(C)C)CCC(C)(C(=O)OCCn1ccc(=O)c(OCc3ccccc3)c1C)O2. The Bertz CT molecular complexity index is 1530. The Morgan fingerprint density at radius 3 is 2.40 bits per heavy atom. The van der Waals surface area contributed by atoms with Gasteiger partial charge in [-0.25, -0.2) is 4.79 Å². The summed E-state index contributed by atoms with van der Waals surface area (Å²) in [7, 11) is 3.63. The van der Waals surface area contributed by atoms with E-state index in [-0.39, 0.29) is 36.9 Å². The van der Waals surface area contributed by atoms with Crippen LogP contribution in [-0.4, -0.2) is 54.3 Å². The summed E-state index contributed by atoms with van der Waals surface area (Å²) in [5.41, 5.74) is 3.66. The first-order valence-electron chi connectivity index (χ1n) is 14.1. The van der Waals surface area contributed by atoms with Gasteiger partial charge in [-0.15, -0.1) is 0 Å². The molecule has 1 aromatic heterocycles. The molecule has 1 atom stereocenters. The van der Waals surface area contributed by atoms with Gasteiger partial charge in [-0.05, 0) is 77.4 Å². The van der Waals surface area contributed by atoms with E-state index >= 15 is 0 Å². The van der Waals surface area contributed by atoms with Gasteiger partial charge in [0.05, 0.1) is 18.8 Å². The van der Waals surface area contributed by atoms with Crippen LogP contribution >= 0.6 is 0 Å². The molecule has 2 aromatic carbocycles. The minimum absolute atomic E-state index is 0.101. The summed E-state index contributed by atoms with van der Waals surface area (Å²) in [5.74, 6) is 0.683. The number of ether oxygens (including phenoxy) is 4. The van der Waals surface area contributed by atoms with Gasteiger partial charge in [0.1, 0.15) is 24.7 Å². The molecule has 224 valence electrons. The number of likely N-dealkylation sites (N-methyl/N-ethyl adjacent to an activating group) is 1. The summed E-state index contributed by atoms with van der Waals surface area (Å²) < 4.78 is 25.5. The number of benzene rings is 2. The van der Waals surface area contributed by atoms with E-state index in [9.17, 15) is 14.4 Å². The van der Waals surface area contributed by atoms with Crippen molar-refractivity contribution < 1.29 is 28.5 Å². The Balaban J connectivity index is 1.42. The molecule has 0 amide bonds. The lowest BCUT2D eigenvalue weighted by Crippen LogP contribution is -2.46. The first-order valence-corrected chi connectivity index (χ1v) is 14.1. The summed E-state index contributed by atoms with van der Waals surface area (Å²) in [4.78, 5) is 39.9. The van der Waals surface area contributed by atoms with Crippen LogP contribution in [0.25, 0.3) is 0 Å². The lowest BCUT2D eigenvalue weighted by Gasteiger charge is -2.36. The maximum atomic E-state index is 13.3. The summed E-state index contributed by atoms with van der Waals surface area (Å²) in [6, 6.07) is 11.1. The fourth-order valence-corrected chi connectivity index (χ4v) is 5.13. The van der Waals surface area contributed by atoms with Crippen molar-refractivity contribution in [2.45, 2.75) is 66.2 Å². The first-order chi connectivity index (χ1) is 19.9. The quantitative estimate of drug-likeness (QED) is 0.258. The number of hydrogen-bond donors (Lipinski definition) is 0. The van der Waals surface area contributed by atoms with Crippen LogP contribution < -0.4 is 19.6 Å². The minimum Gasteiger partial charge on any atom is -0.483 e. The molecule has 0 aliphatic carbocycles. The summed E-state index contributed by atoms with van der Waals surface area (Å²) in [5, 5.41) is 0. The standard InChI is InChI=1S/C33H40N2O7/c1-21-22(2)30-26(23(3)29(21)41-28(37)19-34(6)7)13-15-33(5,42-30)32(38)39-18-17-35-16-14-27(36)31(24(35)4)40-20-25-11-9-8-10-12-25/h8-12,14,16H,13,15,17-20H2,1-7H3. The van der Waals surface area contributed by atoms with Gasteiger partial charge in [-0.1, -0.05) is 30.3 Å². The smallest absolute Gasteiger partial charge is 0.350 e. The Kier molecular flexibility index (Phi) is 9.41. The molecule has 0 spiro atoms. The second-order valence-electron chi connectivity index (χ2n) is 11.3. The number of esters is 2. The molecule has 3 aromatic rings. The van der Waals surface area contributed by atoms with E-state index in [0.29, 0.717) is 36.6 Å². The number of aromatic nitrogens is 1. The van der Waals surface area contributed by atoms with E-state index in [0.717, 1.165) is 27.8 Å². The maximum Gasteiger partial charge on any atom is 0.350 e. The highest BCUT2D eigenvalue weighted by Crippen LogP contribution is 2.44. The molecule has 9 nitrogen and oxygen atoms in total. The van der Waals surface area contributed by atoms with Crippen LogP contribution in [0.2, 0.25) is 0 Å². The highest BCUT2D eigenvalue weighted by molar-refractivity contribution is 5.81. The molecule has 4 rings (SSSR count). The number of carbonyl (C=O) groups is 2. The average molecular weight is 577 g/mol. The molecule has 0 saturated heterocycles. The fraction of sp³-hybridized carbons (Fsp3) is 0.424. The lowest BCUT2D eigenvalue weighted by molar-refractivity contribution is -0.162. The van der Waals surface area contributed by atoms with E-state index in [1.54, 1.807) is 18.0 Å². The number of pyridine rings is 1. The monoisotopic (exact) mass is 576 g/mol. The molecule has 1 aliphatic heterocycles. The molecule has 2 heterocycles. The van der Waals surface area contributed by atoms with E-state index in [4.69, 9.17) is 18.9 Å². The van der Waals surface area contributed by atoms with Crippen LogP contribution in [0, 0.1) is 27.7 Å². The van der Waals surface area contributed by atoms with E-state index in [1.807, 2.05) is 76.7 Å². The highest BCUT2D eigenvalue weighted by atomic mass is 16.6. The van der Waals surface area contributed by atoms with Crippen LogP contribution in [0.3, 0.4) is 0 Å². The van der Waals surface area contributed by atoms with Gasteiger partial charge in [0, 0.05) is 24.2 Å². The number of carbonyl (C=O) groups excluding carboxylic acids is 2. The molecule has 9 heteroatoms. The van der Waals surface area contributed by atoms with Crippen LogP contribution in [0.5, 0.6) is 17.2 Å². The van der Waals surface area contributed by atoms with Crippen molar-refractivity contribution in [3.8, 4) is 17.2 Å². The molecular weight excluding hydrogens is 536 g/mol. The molecule has 0 fully saturated rings. The summed E-state index contributed by atoms with van der Waals surface area (Å²) in [6.07, 6.45) is 2.67. The van der Waals surface area contributed by atoms with Crippen molar-refractivity contribution in [2.24, 2.45) is 0 Å². The normalized spacial score (nSPS) is 16.0. The van der Waals surface area contributed by atoms with Crippen LogP contribution in [-0.2, 0) is 33.9 Å². The highest BCUT2D eigenvalue weighted by Gasteiger charge is 2.42. The third kappa shape index (κ3) is 6.68. The van der Waals surface area contributed by atoms with Crippen molar-refractivity contribution in [3.05, 3.63) is 86.3 Å². The van der Waals surface area contributed by atoms with Gasteiger partial charge >= 0.3 is 11.9 Å². The number of fused-ring (bicyclic) bond motifs is 1. The van der Waals surface area contributed by atoms with Gasteiger partial charge in [-0.2, -0.15) is 0 Å². The third-order valence-electron chi connectivity index (χ3n) is 7.76. The molecular formula is C33H40N2O7. The molecule has 0 N–H and O–H groups in total. The molecule has 0 bridgehead atoms. The first kappa shape index (κ1) is 30.8. The van der Waals surface area contributed by atoms with Gasteiger partial charge in [0.2, 0.25) is 11.0 Å². The Morgan fingerprint density at radius 2 is 1.71 bits per heavy atom. The van der Waals surface area contributed by atoms with E-state index in [2.05, 4.69) is 0 Å². The predicted octanol–water partition coefficient (Wildman–Crippen LogP) is 4.46. The van der Waals surface area contributed by atoms with E-state index in [1.165, 1.54) is 6.07 Å². The van der Waals surface area contributed by atoms with Crippen molar-refractivity contribution >= 4 is 11.9 Å².